The van der Waals surface area contributed by atoms with E-state index in [1.165, 1.54) is 12.1 Å². The topological polar surface area (TPSA) is 238 Å². The number of ketones is 1. The normalized spacial score (nSPS) is 11.1. The zero-order chi connectivity index (χ0) is 31.5. The van der Waals surface area contributed by atoms with Gasteiger partial charge >= 0.3 is 6.09 Å². The molecule has 0 aliphatic heterocycles. The van der Waals surface area contributed by atoms with Gasteiger partial charge in [0.25, 0.3) is 11.6 Å². The average molecular weight is 600 g/mol. The van der Waals surface area contributed by atoms with E-state index in [-0.39, 0.29) is 75.9 Å². The van der Waals surface area contributed by atoms with Crippen LogP contribution in [-0.2, 0) is 30.4 Å². The third-order valence-corrected chi connectivity index (χ3v) is 5.77. The number of nitrogens with zero attached hydrogens (tertiary/aromatic N) is 4. The first-order chi connectivity index (χ1) is 20.7. The zero-order valence-electron chi connectivity index (χ0n) is 23.3. The SMILES string of the molecule is [N-]=[N+]=Nc1ccc(C(=O)NCCOCCOCCCC(=O)C(CCC(N)=O)NC(=O)OCc2ccccc2)c([N+](=O)[O-])c1. The zero-order valence-corrected chi connectivity index (χ0v) is 23.3. The van der Waals surface area contributed by atoms with Gasteiger partial charge in [-0.1, -0.05) is 41.5 Å². The first-order valence-corrected chi connectivity index (χ1v) is 13.3. The van der Waals surface area contributed by atoms with Gasteiger partial charge in [-0.05, 0) is 30.0 Å². The summed E-state index contributed by atoms with van der Waals surface area (Å²) in [6.07, 6.45) is -0.360. The molecule has 16 nitrogen and oxygen atoms in total. The number of azide groups is 1. The molecular weight excluding hydrogens is 566 g/mol. The number of rotatable bonds is 20. The van der Waals surface area contributed by atoms with Crippen molar-refractivity contribution in [3.8, 4) is 0 Å². The van der Waals surface area contributed by atoms with E-state index in [4.69, 9.17) is 25.5 Å². The molecule has 0 bridgehead atoms. The molecule has 4 N–H and O–H groups in total. The number of alkyl carbamates (subject to hydrolysis) is 1. The minimum atomic E-state index is -0.931. The molecule has 0 fully saturated rings. The minimum absolute atomic E-state index is 0.0113. The van der Waals surface area contributed by atoms with Crippen molar-refractivity contribution in [2.45, 2.75) is 38.3 Å². The Bertz CT molecular complexity index is 1300. The van der Waals surface area contributed by atoms with Crippen molar-refractivity contribution in [1.82, 2.24) is 10.6 Å². The molecule has 0 aromatic heterocycles. The fourth-order valence-electron chi connectivity index (χ4n) is 3.66. The van der Waals surface area contributed by atoms with Crippen LogP contribution in [0.1, 0.15) is 41.6 Å². The van der Waals surface area contributed by atoms with E-state index >= 15 is 0 Å². The number of nitrogens with two attached hydrogens (primary N) is 1. The van der Waals surface area contributed by atoms with Crippen LogP contribution < -0.4 is 16.4 Å². The molecule has 0 saturated heterocycles. The third kappa shape index (κ3) is 13.4. The number of nitro benzene ring substituents is 1. The van der Waals surface area contributed by atoms with Crippen molar-refractivity contribution < 1.29 is 38.3 Å². The Morgan fingerprint density at radius 3 is 2.42 bits per heavy atom. The largest absolute Gasteiger partial charge is 0.445 e. The van der Waals surface area contributed by atoms with E-state index in [0.29, 0.717) is 6.42 Å². The van der Waals surface area contributed by atoms with Crippen molar-refractivity contribution >= 4 is 35.1 Å². The molecule has 0 heterocycles. The summed E-state index contributed by atoms with van der Waals surface area (Å²) in [7, 11) is 0. The summed E-state index contributed by atoms with van der Waals surface area (Å²) in [5.74, 6) is -1.57. The van der Waals surface area contributed by atoms with E-state index in [1.54, 1.807) is 24.3 Å². The van der Waals surface area contributed by atoms with Gasteiger partial charge < -0.3 is 30.6 Å². The van der Waals surface area contributed by atoms with Crippen LogP contribution in [0.4, 0.5) is 16.2 Å². The molecular formula is C27H33N7O9. The quantitative estimate of drug-likeness (QED) is 0.0505. The highest BCUT2D eigenvalue weighted by Gasteiger charge is 2.22. The highest BCUT2D eigenvalue weighted by atomic mass is 16.6. The highest BCUT2D eigenvalue weighted by molar-refractivity contribution is 5.98. The average Bonchev–Trinajstić information content (AvgIpc) is 2.99. The van der Waals surface area contributed by atoms with Gasteiger partial charge in [0.05, 0.1) is 30.8 Å². The minimum Gasteiger partial charge on any atom is -0.445 e. The lowest BCUT2D eigenvalue weighted by atomic mass is 10.0. The van der Waals surface area contributed by atoms with Gasteiger partial charge in [0, 0.05) is 42.7 Å². The van der Waals surface area contributed by atoms with Crippen LogP contribution >= 0.6 is 0 Å². The summed E-state index contributed by atoms with van der Waals surface area (Å²) in [6, 6.07) is 11.6. The second-order valence-corrected chi connectivity index (χ2v) is 8.96. The monoisotopic (exact) mass is 599 g/mol. The maximum Gasteiger partial charge on any atom is 0.408 e. The predicted molar refractivity (Wildman–Crippen MR) is 152 cm³/mol. The molecule has 0 saturated carbocycles. The molecule has 2 rings (SSSR count). The lowest BCUT2D eigenvalue weighted by molar-refractivity contribution is -0.385. The number of Topliss-reactive ketones (excluding diaryl/α,β-unsaturated/α-hetero) is 1. The van der Waals surface area contributed by atoms with Crippen LogP contribution in [0, 0.1) is 10.1 Å². The fourth-order valence-corrected chi connectivity index (χ4v) is 3.66. The van der Waals surface area contributed by atoms with E-state index in [2.05, 4.69) is 20.7 Å². The summed E-state index contributed by atoms with van der Waals surface area (Å²) >= 11 is 0. The molecule has 0 spiro atoms. The van der Waals surface area contributed by atoms with Crippen LogP contribution in [-0.4, -0.2) is 67.6 Å². The van der Waals surface area contributed by atoms with Crippen LogP contribution in [0.2, 0.25) is 0 Å². The fraction of sp³-hybridized carbons (Fsp3) is 0.407. The van der Waals surface area contributed by atoms with Gasteiger partial charge in [-0.2, -0.15) is 0 Å². The summed E-state index contributed by atoms with van der Waals surface area (Å²) < 4.78 is 16.0. The number of ether oxygens (including phenoxy) is 3. The van der Waals surface area contributed by atoms with E-state index in [1.807, 2.05) is 6.07 Å². The highest BCUT2D eigenvalue weighted by Crippen LogP contribution is 2.25. The van der Waals surface area contributed by atoms with Gasteiger partial charge in [-0.3, -0.25) is 24.5 Å². The molecule has 1 atom stereocenters. The summed E-state index contributed by atoms with van der Waals surface area (Å²) in [5.41, 5.74) is 13.8. The van der Waals surface area contributed by atoms with Crippen LogP contribution in [0.3, 0.4) is 0 Å². The number of nitro groups is 1. The number of carbonyl (C=O) groups is 4. The molecule has 43 heavy (non-hydrogen) atoms. The molecule has 2 aromatic carbocycles. The third-order valence-electron chi connectivity index (χ3n) is 5.77. The van der Waals surface area contributed by atoms with Crippen molar-refractivity contribution in [1.29, 1.82) is 0 Å². The number of hydrogen-bond donors (Lipinski definition) is 3. The predicted octanol–water partition coefficient (Wildman–Crippen LogP) is 3.21. The Morgan fingerprint density at radius 2 is 1.74 bits per heavy atom. The summed E-state index contributed by atoms with van der Waals surface area (Å²) in [4.78, 5) is 61.4. The van der Waals surface area contributed by atoms with E-state index in [0.717, 1.165) is 11.6 Å². The van der Waals surface area contributed by atoms with Gasteiger partial charge in [0.2, 0.25) is 5.91 Å². The molecule has 16 heteroatoms. The molecule has 0 aliphatic carbocycles. The Balaban J connectivity index is 1.63. The van der Waals surface area contributed by atoms with Gasteiger partial charge in [-0.25, -0.2) is 4.79 Å². The van der Waals surface area contributed by atoms with E-state index in [9.17, 15) is 29.3 Å². The number of benzene rings is 2. The molecule has 1 unspecified atom stereocenters. The van der Waals surface area contributed by atoms with Crippen molar-refractivity contribution in [2.75, 3.05) is 33.0 Å². The van der Waals surface area contributed by atoms with E-state index < -0.39 is 34.6 Å². The maximum atomic E-state index is 12.6. The Hall–Kier alpha value is -5.05. The number of nitrogens with one attached hydrogen (secondary N) is 2. The standard InChI is InChI=1S/C27H33N7O9/c28-25(36)11-10-22(31-27(38)43-18-19-5-2-1-3-6-19)24(35)7-4-13-41-15-16-42-14-12-30-26(37)21-9-8-20(32-33-29)17-23(21)34(39)40/h1-3,5-6,8-9,17,22H,4,7,10-16,18H2,(H2,28,36)(H,30,37)(H,31,38). The molecule has 0 aliphatic rings. The molecule has 2 aromatic rings. The van der Waals surface area contributed by atoms with Gasteiger partial charge in [-0.15, -0.1) is 0 Å². The summed E-state index contributed by atoms with van der Waals surface area (Å²) in [6.45, 7) is 0.872. The second-order valence-electron chi connectivity index (χ2n) is 8.96. The van der Waals surface area contributed by atoms with Gasteiger partial charge in [0.1, 0.15) is 12.2 Å². The van der Waals surface area contributed by atoms with Crippen molar-refractivity contribution in [2.24, 2.45) is 10.8 Å². The first-order valence-electron chi connectivity index (χ1n) is 13.3. The summed E-state index contributed by atoms with van der Waals surface area (Å²) in [5, 5.41) is 19.5. The number of carbonyl (C=O) groups excluding carboxylic acids is 4. The molecule has 0 radical (unpaired) electrons. The Kier molecular flexibility index (Phi) is 15.2. The lowest BCUT2D eigenvalue weighted by Crippen LogP contribution is -2.41. The van der Waals surface area contributed by atoms with Crippen LogP contribution in [0.5, 0.6) is 0 Å². The Labute approximate surface area is 246 Å². The van der Waals surface area contributed by atoms with Gasteiger partial charge in [0.15, 0.2) is 5.78 Å². The van der Waals surface area contributed by atoms with Crippen LogP contribution in [0.15, 0.2) is 53.6 Å². The lowest BCUT2D eigenvalue weighted by Gasteiger charge is -2.17. The first kappa shape index (κ1) is 34.2. The maximum absolute atomic E-state index is 12.6. The molecule has 3 amide bonds. The number of hydrogen-bond acceptors (Lipinski definition) is 10. The second kappa shape index (κ2) is 19.1. The van der Waals surface area contributed by atoms with Crippen LogP contribution in [0.25, 0.3) is 10.4 Å². The Morgan fingerprint density at radius 1 is 1.02 bits per heavy atom. The van der Waals surface area contributed by atoms with Crippen molar-refractivity contribution in [3.63, 3.8) is 0 Å². The number of amides is 3. The van der Waals surface area contributed by atoms with Crippen molar-refractivity contribution in [3.05, 3.63) is 80.2 Å². The number of primary amides is 1. The molecule has 230 valence electrons. The smallest absolute Gasteiger partial charge is 0.408 e.